The van der Waals surface area contributed by atoms with E-state index in [1.165, 1.54) is 11.1 Å². The van der Waals surface area contributed by atoms with Crippen LogP contribution in [0.5, 0.6) is 0 Å². The molecule has 1 saturated heterocycles. The highest BCUT2D eigenvalue weighted by Crippen LogP contribution is 2.29. The molecule has 1 amide bonds. The second kappa shape index (κ2) is 10.6. The van der Waals surface area contributed by atoms with E-state index in [2.05, 4.69) is 25.6 Å². The van der Waals surface area contributed by atoms with Crippen LogP contribution >= 0.6 is 23.2 Å². The van der Waals surface area contributed by atoms with Gasteiger partial charge in [0.25, 0.3) is 0 Å². The fourth-order valence-corrected chi connectivity index (χ4v) is 3.94. The van der Waals surface area contributed by atoms with Crippen molar-refractivity contribution in [1.82, 2.24) is 19.9 Å². The molecule has 1 fully saturated rings. The average Bonchev–Trinajstić information content (AvgIpc) is 2.82. The van der Waals surface area contributed by atoms with E-state index in [4.69, 9.17) is 28.9 Å². The lowest BCUT2D eigenvalue weighted by molar-refractivity contribution is 0.134. The van der Waals surface area contributed by atoms with Gasteiger partial charge >= 0.3 is 6.09 Å². The van der Waals surface area contributed by atoms with E-state index in [1.807, 2.05) is 36.4 Å². The summed E-state index contributed by atoms with van der Waals surface area (Å²) in [5, 5.41) is 16.4. The van der Waals surface area contributed by atoms with Gasteiger partial charge in [0.15, 0.2) is 5.82 Å². The molecule has 0 saturated carbocycles. The Bertz CT molecular complexity index is 1210. The number of hydrogen-bond donors (Lipinski definition) is 4. The van der Waals surface area contributed by atoms with Crippen molar-refractivity contribution in [2.45, 2.75) is 18.9 Å². The minimum atomic E-state index is -0.878. The maximum Gasteiger partial charge on any atom is 0.407 e. The number of likely N-dealkylation sites (tertiary alicyclic amines) is 1. The van der Waals surface area contributed by atoms with Crippen LogP contribution in [0.1, 0.15) is 24.0 Å². The number of benzene rings is 1. The smallest absolute Gasteiger partial charge is 0.407 e. The van der Waals surface area contributed by atoms with E-state index < -0.39 is 6.09 Å². The van der Waals surface area contributed by atoms with Crippen molar-refractivity contribution in [3.8, 4) is 0 Å². The van der Waals surface area contributed by atoms with Gasteiger partial charge in [0, 0.05) is 42.9 Å². The van der Waals surface area contributed by atoms with Crippen LogP contribution in [0.15, 0.2) is 42.9 Å². The summed E-state index contributed by atoms with van der Waals surface area (Å²) in [7, 11) is 0. The fourth-order valence-electron chi connectivity index (χ4n) is 3.67. The number of carboxylic acid groups (broad SMARTS) is 1. The molecule has 4 rings (SSSR count). The number of carbonyl (C=O) groups is 1. The monoisotopic (exact) mass is 499 g/mol. The topological polar surface area (TPSA) is 129 Å². The van der Waals surface area contributed by atoms with E-state index in [-0.39, 0.29) is 11.3 Å². The van der Waals surface area contributed by atoms with Crippen molar-refractivity contribution in [3.05, 3.63) is 64.3 Å². The molecule has 2 aromatic heterocycles. The Hall–Kier alpha value is -3.56. The zero-order valence-electron chi connectivity index (χ0n) is 18.1. The lowest BCUT2D eigenvalue weighted by atomic mass is 10.0. The fraction of sp³-hybridized carbons (Fsp3) is 0.217. The van der Waals surface area contributed by atoms with Crippen molar-refractivity contribution >= 4 is 64.3 Å². The summed E-state index contributed by atoms with van der Waals surface area (Å²) in [6, 6.07) is 7.81. The van der Waals surface area contributed by atoms with E-state index in [1.54, 1.807) is 12.4 Å². The number of anilines is 4. The van der Waals surface area contributed by atoms with Crippen molar-refractivity contribution < 1.29 is 9.90 Å². The van der Waals surface area contributed by atoms with Gasteiger partial charge in [-0.3, -0.25) is 4.98 Å². The zero-order chi connectivity index (χ0) is 24.1. The number of aromatic nitrogens is 3. The van der Waals surface area contributed by atoms with Crippen molar-refractivity contribution in [2.24, 2.45) is 0 Å². The Kier molecular flexibility index (Phi) is 7.34. The van der Waals surface area contributed by atoms with Gasteiger partial charge in [0.05, 0.1) is 11.9 Å². The molecule has 0 atom stereocenters. The van der Waals surface area contributed by atoms with Crippen molar-refractivity contribution in [3.63, 3.8) is 0 Å². The van der Waals surface area contributed by atoms with Crippen LogP contribution in [-0.4, -0.2) is 50.2 Å². The van der Waals surface area contributed by atoms with Crippen LogP contribution in [0.3, 0.4) is 0 Å². The van der Waals surface area contributed by atoms with Gasteiger partial charge in [-0.15, -0.1) is 0 Å². The number of hydrogen-bond acceptors (Lipinski definition) is 7. The first-order valence-electron chi connectivity index (χ1n) is 10.6. The molecule has 5 N–H and O–H groups in total. The summed E-state index contributed by atoms with van der Waals surface area (Å²) >= 11 is 12.1. The normalized spacial score (nSPS) is 14.4. The number of amides is 1. The molecule has 3 aromatic rings. The van der Waals surface area contributed by atoms with E-state index in [9.17, 15) is 9.90 Å². The van der Waals surface area contributed by atoms with Crippen LogP contribution < -0.4 is 16.4 Å². The summed E-state index contributed by atoms with van der Waals surface area (Å²) in [6.07, 6.45) is 9.22. The van der Waals surface area contributed by atoms with Gasteiger partial charge in [0.2, 0.25) is 5.28 Å². The molecule has 34 heavy (non-hydrogen) atoms. The summed E-state index contributed by atoms with van der Waals surface area (Å²) in [5.41, 5.74) is 9.88. The third-order valence-corrected chi connectivity index (χ3v) is 5.85. The Morgan fingerprint density at radius 1 is 1.15 bits per heavy atom. The predicted molar refractivity (Wildman–Crippen MR) is 136 cm³/mol. The van der Waals surface area contributed by atoms with Gasteiger partial charge in [0.1, 0.15) is 5.02 Å². The largest absolute Gasteiger partial charge is 0.465 e. The van der Waals surface area contributed by atoms with Gasteiger partial charge in [-0.25, -0.2) is 9.78 Å². The number of halogens is 2. The van der Waals surface area contributed by atoms with Crippen LogP contribution in [-0.2, 0) is 0 Å². The van der Waals surface area contributed by atoms with Gasteiger partial charge in [-0.05, 0) is 59.8 Å². The van der Waals surface area contributed by atoms with Gasteiger partial charge in [-0.1, -0.05) is 23.8 Å². The molecule has 9 nitrogen and oxygen atoms in total. The predicted octanol–water partition coefficient (Wildman–Crippen LogP) is 5.23. The third kappa shape index (κ3) is 6.06. The lowest BCUT2D eigenvalue weighted by Gasteiger charge is -2.31. The van der Waals surface area contributed by atoms with Crippen LogP contribution in [0, 0.1) is 0 Å². The molecule has 11 heteroatoms. The lowest BCUT2D eigenvalue weighted by Crippen LogP contribution is -2.41. The molecule has 1 aliphatic heterocycles. The summed E-state index contributed by atoms with van der Waals surface area (Å²) in [6.45, 7) is 0.999. The Labute approximate surface area is 206 Å². The number of nitrogen functional groups attached to an aromatic ring is 1. The maximum absolute atomic E-state index is 11.2. The molecular formula is C23H23Cl2N7O2. The molecule has 0 radical (unpaired) electrons. The third-order valence-electron chi connectivity index (χ3n) is 5.39. The highest BCUT2D eigenvalue weighted by molar-refractivity contribution is 6.33. The first-order valence-corrected chi connectivity index (χ1v) is 11.3. The highest BCUT2D eigenvalue weighted by atomic mass is 35.5. The molecule has 1 aromatic carbocycles. The second-order valence-electron chi connectivity index (χ2n) is 7.84. The number of nitrogens with zero attached hydrogens (tertiary/aromatic N) is 4. The quantitative estimate of drug-likeness (QED) is 0.339. The molecule has 3 heterocycles. The van der Waals surface area contributed by atoms with E-state index in [0.29, 0.717) is 29.6 Å². The molecule has 176 valence electrons. The second-order valence-corrected chi connectivity index (χ2v) is 8.58. The van der Waals surface area contributed by atoms with Crippen LogP contribution in [0.4, 0.5) is 27.7 Å². The summed E-state index contributed by atoms with van der Waals surface area (Å²) < 4.78 is 0. The standard InChI is InChI=1S/C23H23Cl2N7O2/c24-19-13-28-22(25)31-21(19)30-18-3-4-20(29-17-5-7-32(8-6-17)23(33)34)15(10-18)2-1-14-9-16(26)12-27-11-14/h1-4,9-13,17,29H,5-8,26H2,(H,33,34)(H,28,30,31). The average molecular weight is 500 g/mol. The molecule has 0 spiro atoms. The number of nitrogens with one attached hydrogen (secondary N) is 2. The zero-order valence-corrected chi connectivity index (χ0v) is 19.6. The van der Waals surface area contributed by atoms with Gasteiger partial charge < -0.3 is 26.4 Å². The highest BCUT2D eigenvalue weighted by Gasteiger charge is 2.22. The number of pyridine rings is 1. The first kappa shape index (κ1) is 23.6. The Balaban J connectivity index is 1.59. The Morgan fingerprint density at radius 3 is 2.68 bits per heavy atom. The Morgan fingerprint density at radius 2 is 1.94 bits per heavy atom. The number of piperidine rings is 1. The molecule has 0 unspecified atom stereocenters. The van der Waals surface area contributed by atoms with E-state index >= 15 is 0 Å². The van der Waals surface area contributed by atoms with Gasteiger partial charge in [-0.2, -0.15) is 4.98 Å². The van der Waals surface area contributed by atoms with Crippen LogP contribution in [0.25, 0.3) is 12.2 Å². The minimum Gasteiger partial charge on any atom is -0.465 e. The first-order chi connectivity index (χ1) is 16.4. The summed E-state index contributed by atoms with van der Waals surface area (Å²) in [4.78, 5) is 24.8. The number of rotatable bonds is 6. The molecular weight excluding hydrogens is 477 g/mol. The summed E-state index contributed by atoms with van der Waals surface area (Å²) in [5.74, 6) is 0.401. The number of nitrogens with two attached hydrogens (primary N) is 1. The maximum atomic E-state index is 11.2. The van der Waals surface area contributed by atoms with Crippen molar-refractivity contribution in [2.75, 3.05) is 29.5 Å². The van der Waals surface area contributed by atoms with E-state index in [0.717, 1.165) is 35.3 Å². The molecule has 0 bridgehead atoms. The minimum absolute atomic E-state index is 0.0900. The molecule has 0 aliphatic carbocycles. The SMILES string of the molecule is Nc1cncc(C=Cc2cc(Nc3nc(Cl)ncc3Cl)ccc2NC2CCN(C(=O)O)CC2)c1. The van der Waals surface area contributed by atoms with Crippen LogP contribution in [0.2, 0.25) is 10.3 Å². The van der Waals surface area contributed by atoms with Crippen molar-refractivity contribution in [1.29, 1.82) is 0 Å². The molecule has 1 aliphatic rings.